The smallest absolute Gasteiger partial charge is 0.0947 e. The maximum absolute atomic E-state index is 5.78. The largest absolute Gasteiger partial charge is 0.382 e. The van der Waals surface area contributed by atoms with Crippen molar-refractivity contribution in [1.29, 1.82) is 0 Å². The van der Waals surface area contributed by atoms with Crippen LogP contribution in [0.5, 0.6) is 0 Å². The predicted octanol–water partition coefficient (Wildman–Crippen LogP) is 2.52. The highest BCUT2D eigenvalue weighted by molar-refractivity contribution is 9.10. The number of ether oxygens (including phenoxy) is 3. The minimum atomic E-state index is -0.0588. The monoisotopic (exact) mass is 331 g/mol. The van der Waals surface area contributed by atoms with E-state index in [0.717, 1.165) is 16.5 Å². The molecule has 0 radical (unpaired) electrons. The number of rotatable bonds is 10. The molecular weight excluding hydrogens is 310 g/mol. The number of halogens is 1. The van der Waals surface area contributed by atoms with E-state index < -0.39 is 0 Å². The van der Waals surface area contributed by atoms with E-state index in [4.69, 9.17) is 19.9 Å². The van der Waals surface area contributed by atoms with Crippen LogP contribution in [0.2, 0.25) is 0 Å². The van der Waals surface area contributed by atoms with Crippen molar-refractivity contribution in [2.24, 2.45) is 5.73 Å². The first kappa shape index (κ1) is 16.6. The second-order valence-electron chi connectivity index (χ2n) is 4.11. The lowest BCUT2D eigenvalue weighted by molar-refractivity contribution is 0.0261. The summed E-state index contributed by atoms with van der Waals surface area (Å²) in [7, 11) is 1.66. The number of hydrogen-bond donors (Lipinski definition) is 1. The Morgan fingerprint density at radius 3 is 2.74 bits per heavy atom. The maximum atomic E-state index is 5.78. The first-order chi connectivity index (χ1) is 9.27. The van der Waals surface area contributed by atoms with Gasteiger partial charge in [-0.3, -0.25) is 0 Å². The Balaban J connectivity index is 2.22. The first-order valence-electron chi connectivity index (χ1n) is 6.41. The Morgan fingerprint density at radius 2 is 2.05 bits per heavy atom. The topological polar surface area (TPSA) is 53.7 Å². The molecule has 1 rings (SSSR count). The SMILES string of the molecule is COCCOCCCOC(CN)c1cccc(Br)c1. The van der Waals surface area contributed by atoms with Gasteiger partial charge >= 0.3 is 0 Å². The third kappa shape index (κ3) is 7.03. The van der Waals surface area contributed by atoms with Gasteiger partial charge in [0, 0.05) is 31.3 Å². The van der Waals surface area contributed by atoms with Crippen LogP contribution in [0.1, 0.15) is 18.1 Å². The molecule has 1 aromatic rings. The van der Waals surface area contributed by atoms with E-state index in [-0.39, 0.29) is 6.10 Å². The minimum absolute atomic E-state index is 0.0588. The molecule has 0 fully saturated rings. The zero-order valence-electron chi connectivity index (χ0n) is 11.3. The Morgan fingerprint density at radius 1 is 1.21 bits per heavy atom. The van der Waals surface area contributed by atoms with E-state index in [1.165, 1.54) is 0 Å². The van der Waals surface area contributed by atoms with Crippen molar-refractivity contribution in [3.05, 3.63) is 34.3 Å². The molecule has 0 saturated heterocycles. The summed E-state index contributed by atoms with van der Waals surface area (Å²) in [6, 6.07) is 8.03. The molecule has 4 nitrogen and oxygen atoms in total. The predicted molar refractivity (Wildman–Crippen MR) is 79.2 cm³/mol. The fourth-order valence-electron chi connectivity index (χ4n) is 1.64. The van der Waals surface area contributed by atoms with Crippen LogP contribution in [-0.2, 0) is 14.2 Å². The van der Waals surface area contributed by atoms with Crippen molar-refractivity contribution >= 4 is 15.9 Å². The molecular formula is C14H22BrNO3. The number of methoxy groups -OCH3 is 1. The molecule has 0 aliphatic heterocycles. The summed E-state index contributed by atoms with van der Waals surface area (Å²) in [4.78, 5) is 0. The highest BCUT2D eigenvalue weighted by Gasteiger charge is 2.09. The van der Waals surface area contributed by atoms with Crippen LogP contribution in [0.4, 0.5) is 0 Å². The molecule has 2 N–H and O–H groups in total. The van der Waals surface area contributed by atoms with Crippen LogP contribution in [0.25, 0.3) is 0 Å². The quantitative estimate of drug-likeness (QED) is 0.669. The van der Waals surface area contributed by atoms with Crippen LogP contribution >= 0.6 is 15.9 Å². The van der Waals surface area contributed by atoms with Gasteiger partial charge in [0.2, 0.25) is 0 Å². The molecule has 1 aromatic carbocycles. The zero-order chi connectivity index (χ0) is 13.9. The van der Waals surface area contributed by atoms with Crippen LogP contribution in [0.3, 0.4) is 0 Å². The van der Waals surface area contributed by atoms with Gasteiger partial charge in [0.25, 0.3) is 0 Å². The van der Waals surface area contributed by atoms with Gasteiger partial charge < -0.3 is 19.9 Å². The van der Waals surface area contributed by atoms with Gasteiger partial charge in [0.1, 0.15) is 0 Å². The normalized spacial score (nSPS) is 12.6. The van der Waals surface area contributed by atoms with Crippen molar-refractivity contribution in [3.63, 3.8) is 0 Å². The molecule has 108 valence electrons. The summed E-state index contributed by atoms with van der Waals surface area (Å²) >= 11 is 3.45. The van der Waals surface area contributed by atoms with Gasteiger partial charge in [-0.25, -0.2) is 0 Å². The molecule has 0 aliphatic rings. The van der Waals surface area contributed by atoms with Gasteiger partial charge in [-0.1, -0.05) is 28.1 Å². The van der Waals surface area contributed by atoms with Crippen molar-refractivity contribution < 1.29 is 14.2 Å². The molecule has 19 heavy (non-hydrogen) atoms. The summed E-state index contributed by atoms with van der Waals surface area (Å²) in [5, 5.41) is 0. The summed E-state index contributed by atoms with van der Waals surface area (Å²) < 4.78 is 17.1. The minimum Gasteiger partial charge on any atom is -0.382 e. The van der Waals surface area contributed by atoms with E-state index in [9.17, 15) is 0 Å². The van der Waals surface area contributed by atoms with Gasteiger partial charge in [-0.2, -0.15) is 0 Å². The third-order valence-electron chi connectivity index (χ3n) is 2.62. The average Bonchev–Trinajstić information content (AvgIpc) is 2.42. The Labute approximate surface area is 123 Å². The molecule has 1 unspecified atom stereocenters. The van der Waals surface area contributed by atoms with Crippen molar-refractivity contribution in [3.8, 4) is 0 Å². The summed E-state index contributed by atoms with van der Waals surface area (Å²) in [5.41, 5.74) is 6.84. The highest BCUT2D eigenvalue weighted by Crippen LogP contribution is 2.20. The molecule has 1 atom stereocenters. The summed E-state index contributed by atoms with van der Waals surface area (Å²) in [6.07, 6.45) is 0.797. The lowest BCUT2D eigenvalue weighted by Crippen LogP contribution is -2.17. The van der Waals surface area contributed by atoms with E-state index >= 15 is 0 Å². The van der Waals surface area contributed by atoms with Crippen molar-refractivity contribution in [2.45, 2.75) is 12.5 Å². The van der Waals surface area contributed by atoms with Gasteiger partial charge in [-0.05, 0) is 24.1 Å². The number of hydrogen-bond acceptors (Lipinski definition) is 4. The molecule has 0 aromatic heterocycles. The van der Waals surface area contributed by atoms with E-state index in [0.29, 0.717) is 33.0 Å². The van der Waals surface area contributed by atoms with Crippen molar-refractivity contribution in [1.82, 2.24) is 0 Å². The van der Waals surface area contributed by atoms with Crippen LogP contribution in [0, 0.1) is 0 Å². The Kier molecular flexibility index (Phi) is 9.03. The van der Waals surface area contributed by atoms with Gasteiger partial charge in [-0.15, -0.1) is 0 Å². The van der Waals surface area contributed by atoms with Crippen LogP contribution in [-0.4, -0.2) is 40.1 Å². The summed E-state index contributed by atoms with van der Waals surface area (Å²) in [5.74, 6) is 0. The molecule has 0 spiro atoms. The second kappa shape index (κ2) is 10.3. The van der Waals surface area contributed by atoms with E-state index in [1.54, 1.807) is 7.11 Å². The fraction of sp³-hybridized carbons (Fsp3) is 0.571. The third-order valence-corrected chi connectivity index (χ3v) is 3.11. The van der Waals surface area contributed by atoms with E-state index in [2.05, 4.69) is 15.9 Å². The zero-order valence-corrected chi connectivity index (χ0v) is 12.9. The lowest BCUT2D eigenvalue weighted by Gasteiger charge is -2.16. The van der Waals surface area contributed by atoms with Crippen LogP contribution < -0.4 is 5.73 Å². The number of nitrogens with two attached hydrogens (primary N) is 1. The Hall–Kier alpha value is -0.460. The fourth-order valence-corrected chi connectivity index (χ4v) is 2.06. The Bertz CT molecular complexity index is 349. The standard InChI is InChI=1S/C14H22BrNO3/c1-17-8-9-18-6-3-7-19-14(11-16)12-4-2-5-13(15)10-12/h2,4-5,10,14H,3,6-9,11,16H2,1H3. The lowest BCUT2D eigenvalue weighted by atomic mass is 10.1. The van der Waals surface area contributed by atoms with Crippen molar-refractivity contribution in [2.75, 3.05) is 40.1 Å². The molecule has 0 bridgehead atoms. The van der Waals surface area contributed by atoms with Crippen LogP contribution in [0.15, 0.2) is 28.7 Å². The summed E-state index contributed by atoms with van der Waals surface area (Å²) in [6.45, 7) is 3.05. The van der Waals surface area contributed by atoms with E-state index in [1.807, 2.05) is 24.3 Å². The average molecular weight is 332 g/mol. The molecule has 0 heterocycles. The molecule has 0 aliphatic carbocycles. The van der Waals surface area contributed by atoms with Gasteiger partial charge in [0.05, 0.1) is 19.3 Å². The first-order valence-corrected chi connectivity index (χ1v) is 7.21. The maximum Gasteiger partial charge on any atom is 0.0947 e. The molecule has 0 amide bonds. The van der Waals surface area contributed by atoms with Gasteiger partial charge in [0.15, 0.2) is 0 Å². The highest BCUT2D eigenvalue weighted by atomic mass is 79.9. The second-order valence-corrected chi connectivity index (χ2v) is 5.02. The molecule has 0 saturated carbocycles. The molecule has 5 heteroatoms. The number of benzene rings is 1.